The largest absolute Gasteiger partial charge is 0.444 e. The summed E-state index contributed by atoms with van der Waals surface area (Å²) in [5.41, 5.74) is 1.16. The summed E-state index contributed by atoms with van der Waals surface area (Å²) in [4.78, 5) is 22.5. The molecule has 8 nitrogen and oxygen atoms in total. The number of benzene rings is 1. The standard InChI is InChI=1S/C21H31N5O3.HI/c1-6-22-19(23-12-13-26(5)20(27)29-21(2,3)4)24-14-17-15-28-18(25-17)16-10-8-7-9-11-16;/h7-11,15H,6,12-14H2,1-5H3,(H2,22,23,24);1H. The summed E-state index contributed by atoms with van der Waals surface area (Å²) in [6.07, 6.45) is 1.27. The topological polar surface area (TPSA) is 92.0 Å². The number of rotatable bonds is 7. The average molecular weight is 529 g/mol. The van der Waals surface area contributed by atoms with E-state index in [2.05, 4.69) is 20.6 Å². The second kappa shape index (κ2) is 12.4. The first-order valence-corrected chi connectivity index (χ1v) is 9.74. The van der Waals surface area contributed by atoms with Gasteiger partial charge in [-0.2, -0.15) is 0 Å². The lowest BCUT2D eigenvalue weighted by Crippen LogP contribution is -2.43. The van der Waals surface area contributed by atoms with Gasteiger partial charge in [-0.05, 0) is 39.8 Å². The number of aromatic nitrogens is 1. The van der Waals surface area contributed by atoms with E-state index in [4.69, 9.17) is 9.15 Å². The molecule has 2 N–H and O–H groups in total. The Hall–Kier alpha value is -2.30. The van der Waals surface area contributed by atoms with Crippen molar-refractivity contribution < 1.29 is 13.9 Å². The minimum Gasteiger partial charge on any atom is -0.444 e. The van der Waals surface area contributed by atoms with Crippen LogP contribution in [0.1, 0.15) is 33.4 Å². The number of hydrogen-bond acceptors (Lipinski definition) is 5. The number of nitrogens with zero attached hydrogens (tertiary/aromatic N) is 3. The van der Waals surface area contributed by atoms with Crippen molar-refractivity contribution in [3.8, 4) is 11.5 Å². The van der Waals surface area contributed by atoms with Crippen LogP contribution in [-0.4, -0.2) is 54.2 Å². The first kappa shape index (κ1) is 25.7. The Balaban J connectivity index is 0.00000450. The fourth-order valence-electron chi connectivity index (χ4n) is 2.37. The molecule has 0 aliphatic carbocycles. The van der Waals surface area contributed by atoms with Crippen molar-refractivity contribution >= 4 is 36.0 Å². The molecule has 0 fully saturated rings. The predicted molar refractivity (Wildman–Crippen MR) is 129 cm³/mol. The number of amides is 1. The number of carbonyl (C=O) groups is 1. The lowest BCUT2D eigenvalue weighted by Gasteiger charge is -2.24. The van der Waals surface area contributed by atoms with E-state index in [1.165, 1.54) is 4.90 Å². The highest BCUT2D eigenvalue weighted by Crippen LogP contribution is 2.18. The molecule has 0 saturated carbocycles. The van der Waals surface area contributed by atoms with Gasteiger partial charge in [0.25, 0.3) is 0 Å². The van der Waals surface area contributed by atoms with Crippen LogP contribution in [0.15, 0.2) is 46.0 Å². The molecule has 0 saturated heterocycles. The van der Waals surface area contributed by atoms with Crippen LogP contribution >= 0.6 is 24.0 Å². The zero-order valence-electron chi connectivity index (χ0n) is 18.3. The maximum Gasteiger partial charge on any atom is 0.410 e. The van der Waals surface area contributed by atoms with Gasteiger partial charge < -0.3 is 24.7 Å². The monoisotopic (exact) mass is 529 g/mol. The molecule has 0 atom stereocenters. The van der Waals surface area contributed by atoms with Crippen LogP contribution in [0.2, 0.25) is 0 Å². The molecule has 166 valence electrons. The number of aliphatic imine (C=N–C) groups is 1. The predicted octanol–water partition coefficient (Wildman–Crippen LogP) is 3.88. The SMILES string of the molecule is CCNC(=NCc1coc(-c2ccccc2)n1)NCCN(C)C(=O)OC(C)(C)C.I. The molecule has 0 unspecified atom stereocenters. The van der Waals surface area contributed by atoms with Gasteiger partial charge in [0.05, 0.1) is 6.54 Å². The minimum absolute atomic E-state index is 0. The Morgan fingerprint density at radius 1 is 1.23 bits per heavy atom. The summed E-state index contributed by atoms with van der Waals surface area (Å²) in [6, 6.07) is 9.74. The number of oxazole rings is 1. The Labute approximate surface area is 195 Å². The van der Waals surface area contributed by atoms with Gasteiger partial charge >= 0.3 is 6.09 Å². The Morgan fingerprint density at radius 3 is 2.57 bits per heavy atom. The number of nitrogens with one attached hydrogen (secondary N) is 2. The molecule has 1 aromatic carbocycles. The van der Waals surface area contributed by atoms with Crippen LogP contribution < -0.4 is 10.6 Å². The number of guanidine groups is 1. The van der Waals surface area contributed by atoms with Gasteiger partial charge in [0.1, 0.15) is 17.6 Å². The number of carbonyl (C=O) groups excluding carboxylic acids is 1. The van der Waals surface area contributed by atoms with Gasteiger partial charge in [-0.25, -0.2) is 14.8 Å². The van der Waals surface area contributed by atoms with E-state index >= 15 is 0 Å². The summed E-state index contributed by atoms with van der Waals surface area (Å²) < 4.78 is 10.9. The molecule has 0 aliphatic heterocycles. The third-order valence-electron chi connectivity index (χ3n) is 3.76. The van der Waals surface area contributed by atoms with Crippen molar-refractivity contribution in [2.24, 2.45) is 4.99 Å². The molecular formula is C21H32IN5O3. The maximum absolute atomic E-state index is 12.0. The fourth-order valence-corrected chi connectivity index (χ4v) is 2.37. The zero-order valence-corrected chi connectivity index (χ0v) is 20.6. The van der Waals surface area contributed by atoms with E-state index in [0.717, 1.165) is 17.8 Å². The molecular weight excluding hydrogens is 497 g/mol. The van der Waals surface area contributed by atoms with E-state index in [1.54, 1.807) is 13.3 Å². The number of hydrogen-bond donors (Lipinski definition) is 2. The van der Waals surface area contributed by atoms with Crippen molar-refractivity contribution in [2.75, 3.05) is 26.7 Å². The van der Waals surface area contributed by atoms with Gasteiger partial charge in [0.2, 0.25) is 5.89 Å². The van der Waals surface area contributed by atoms with E-state index in [9.17, 15) is 4.79 Å². The Morgan fingerprint density at radius 2 is 1.93 bits per heavy atom. The van der Waals surface area contributed by atoms with E-state index in [1.807, 2.05) is 58.0 Å². The maximum atomic E-state index is 12.0. The van der Waals surface area contributed by atoms with Crippen molar-refractivity contribution in [3.63, 3.8) is 0 Å². The van der Waals surface area contributed by atoms with Gasteiger partial charge in [0, 0.05) is 32.2 Å². The minimum atomic E-state index is -0.509. The molecule has 2 rings (SSSR count). The molecule has 1 amide bonds. The van der Waals surface area contributed by atoms with Crippen LogP contribution in [0.25, 0.3) is 11.5 Å². The van der Waals surface area contributed by atoms with Crippen LogP contribution in [0.3, 0.4) is 0 Å². The summed E-state index contributed by atoms with van der Waals surface area (Å²) in [7, 11) is 1.71. The smallest absolute Gasteiger partial charge is 0.410 e. The molecule has 0 aliphatic rings. The highest BCUT2D eigenvalue weighted by Gasteiger charge is 2.19. The molecule has 1 heterocycles. The zero-order chi connectivity index (χ0) is 21.3. The highest BCUT2D eigenvalue weighted by molar-refractivity contribution is 14.0. The number of likely N-dealkylation sites (N-methyl/N-ethyl adjacent to an activating group) is 1. The van der Waals surface area contributed by atoms with Crippen LogP contribution in [0.5, 0.6) is 0 Å². The van der Waals surface area contributed by atoms with Crippen LogP contribution in [-0.2, 0) is 11.3 Å². The Kier molecular flexibility index (Phi) is 10.6. The van der Waals surface area contributed by atoms with Crippen LogP contribution in [0.4, 0.5) is 4.79 Å². The summed E-state index contributed by atoms with van der Waals surface area (Å²) in [5.74, 6) is 1.22. The molecule has 9 heteroatoms. The highest BCUT2D eigenvalue weighted by atomic mass is 127. The number of ether oxygens (including phenoxy) is 1. The second-order valence-corrected chi connectivity index (χ2v) is 7.53. The van der Waals surface area contributed by atoms with Crippen LogP contribution in [0, 0.1) is 0 Å². The quantitative estimate of drug-likeness (QED) is 0.322. The fraction of sp³-hybridized carbons (Fsp3) is 0.476. The summed E-state index contributed by atoms with van der Waals surface area (Å²) in [6.45, 7) is 9.67. The third kappa shape index (κ3) is 9.02. The van der Waals surface area contributed by atoms with E-state index < -0.39 is 5.60 Å². The molecule has 0 radical (unpaired) electrons. The average Bonchev–Trinajstić information content (AvgIpc) is 3.14. The van der Waals surface area contributed by atoms with Gasteiger partial charge in [-0.3, -0.25) is 0 Å². The lowest BCUT2D eigenvalue weighted by molar-refractivity contribution is 0.0302. The number of halogens is 1. The molecule has 2 aromatic rings. The third-order valence-corrected chi connectivity index (χ3v) is 3.76. The molecule has 0 spiro atoms. The lowest BCUT2D eigenvalue weighted by atomic mass is 10.2. The molecule has 1 aromatic heterocycles. The van der Waals surface area contributed by atoms with Gasteiger partial charge in [0.15, 0.2) is 5.96 Å². The normalized spacial score (nSPS) is 11.4. The van der Waals surface area contributed by atoms with Crippen molar-refractivity contribution in [3.05, 3.63) is 42.3 Å². The second-order valence-electron chi connectivity index (χ2n) is 7.53. The van der Waals surface area contributed by atoms with E-state index in [0.29, 0.717) is 31.5 Å². The van der Waals surface area contributed by atoms with Gasteiger partial charge in [-0.1, -0.05) is 18.2 Å². The van der Waals surface area contributed by atoms with Crippen molar-refractivity contribution in [1.29, 1.82) is 0 Å². The summed E-state index contributed by atoms with van der Waals surface area (Å²) >= 11 is 0. The first-order chi connectivity index (χ1) is 13.8. The van der Waals surface area contributed by atoms with Crippen molar-refractivity contribution in [1.82, 2.24) is 20.5 Å². The van der Waals surface area contributed by atoms with Crippen molar-refractivity contribution in [2.45, 2.75) is 39.8 Å². The molecule has 0 bridgehead atoms. The van der Waals surface area contributed by atoms with E-state index in [-0.39, 0.29) is 30.1 Å². The molecule has 30 heavy (non-hydrogen) atoms. The summed E-state index contributed by atoms with van der Waals surface area (Å²) in [5, 5.41) is 6.39. The van der Waals surface area contributed by atoms with Gasteiger partial charge in [-0.15, -0.1) is 24.0 Å². The first-order valence-electron chi connectivity index (χ1n) is 9.74. The Bertz CT molecular complexity index is 802.